The van der Waals surface area contributed by atoms with Crippen molar-refractivity contribution < 1.29 is 9.59 Å². The van der Waals surface area contributed by atoms with Crippen LogP contribution in [0.4, 0.5) is 11.4 Å². The number of tetrazole rings is 1. The Labute approximate surface area is 208 Å². The normalized spacial score (nSPS) is 12.2. The Balaban J connectivity index is 1.54. The van der Waals surface area contributed by atoms with Crippen LogP contribution in [-0.4, -0.2) is 37.4 Å². The summed E-state index contributed by atoms with van der Waals surface area (Å²) in [5.41, 5.74) is 3.09. The molecule has 2 heterocycles. The van der Waals surface area contributed by atoms with E-state index >= 15 is 0 Å². The molecule has 0 saturated carbocycles. The van der Waals surface area contributed by atoms with Crippen LogP contribution in [0.25, 0.3) is 22.3 Å². The molecule has 36 heavy (non-hydrogen) atoms. The summed E-state index contributed by atoms with van der Waals surface area (Å²) in [6, 6.07) is 14.1. The minimum absolute atomic E-state index is 0.0669. The van der Waals surface area contributed by atoms with E-state index < -0.39 is 0 Å². The second-order valence-electron chi connectivity index (χ2n) is 10.2. The lowest BCUT2D eigenvalue weighted by Crippen LogP contribution is -2.19. The smallest absolute Gasteiger partial charge is 0.272 e. The highest BCUT2D eigenvalue weighted by atomic mass is 16.2. The van der Waals surface area contributed by atoms with Gasteiger partial charge >= 0.3 is 0 Å². The quantitative estimate of drug-likeness (QED) is 0.293. The van der Waals surface area contributed by atoms with Crippen molar-refractivity contribution in [2.45, 2.75) is 40.5 Å². The van der Waals surface area contributed by atoms with Gasteiger partial charge in [-0.15, -0.1) is 5.10 Å². The Hall–Kier alpha value is -4.52. The molecule has 2 aromatic heterocycles. The molecule has 10 heteroatoms. The first-order chi connectivity index (χ1) is 17.1. The molecule has 0 spiro atoms. The summed E-state index contributed by atoms with van der Waals surface area (Å²) < 4.78 is 0. The number of nitrogens with zero attached hydrogens (tertiary/aromatic N) is 4. The van der Waals surface area contributed by atoms with Crippen LogP contribution in [0.1, 0.15) is 56.6 Å². The summed E-state index contributed by atoms with van der Waals surface area (Å²) in [6.07, 6.45) is 1.36. The predicted octanol–water partition coefficient (Wildman–Crippen LogP) is 4.87. The van der Waals surface area contributed by atoms with Gasteiger partial charge < -0.3 is 15.6 Å². The molecule has 1 atom stereocenters. The number of benzene rings is 2. The molecule has 184 valence electrons. The zero-order valence-corrected chi connectivity index (χ0v) is 20.6. The van der Waals surface area contributed by atoms with Crippen molar-refractivity contribution >= 4 is 34.1 Å². The number of H-pyrrole nitrogens is 2. The van der Waals surface area contributed by atoms with Gasteiger partial charge in [-0.25, -0.2) is 5.10 Å². The number of carbonyl (C=O) groups excluding carboxylic acids is 2. The van der Waals surface area contributed by atoms with Gasteiger partial charge in [0.2, 0.25) is 5.91 Å². The molecule has 0 saturated heterocycles. The van der Waals surface area contributed by atoms with Crippen molar-refractivity contribution in [2.24, 2.45) is 11.3 Å². The summed E-state index contributed by atoms with van der Waals surface area (Å²) in [4.78, 5) is 28.9. The summed E-state index contributed by atoms with van der Waals surface area (Å²) in [6.45, 7) is 8.57. The van der Waals surface area contributed by atoms with E-state index in [0.717, 1.165) is 11.8 Å². The molecule has 2 aromatic carbocycles. The van der Waals surface area contributed by atoms with E-state index in [0.29, 0.717) is 46.0 Å². The minimum Gasteiger partial charge on any atom is -0.349 e. The fourth-order valence-electron chi connectivity index (χ4n) is 4.40. The lowest BCUT2D eigenvalue weighted by molar-refractivity contribution is -0.117. The van der Waals surface area contributed by atoms with E-state index in [1.807, 2.05) is 18.2 Å². The maximum absolute atomic E-state index is 13.1. The van der Waals surface area contributed by atoms with Crippen molar-refractivity contribution in [2.75, 3.05) is 10.6 Å². The summed E-state index contributed by atoms with van der Waals surface area (Å²) >= 11 is 0. The first kappa shape index (κ1) is 24.6. The minimum atomic E-state index is -0.388. The fraction of sp³-hybridized carbons (Fsp3) is 0.308. The van der Waals surface area contributed by atoms with Gasteiger partial charge in [-0.2, -0.15) is 5.26 Å². The molecule has 0 fully saturated rings. The molecule has 2 amide bonds. The SMILES string of the molecule is CC(CC(=O)Nc1cccc2cc(C(=O)Nc3ccc(C#N)cc3-c3nnn[nH]3)[nH]c12)CC(C)(C)C. The first-order valence-corrected chi connectivity index (χ1v) is 11.6. The van der Waals surface area contributed by atoms with Crippen molar-refractivity contribution in [1.82, 2.24) is 25.6 Å². The number of amides is 2. The van der Waals surface area contributed by atoms with Crippen LogP contribution in [0.15, 0.2) is 42.5 Å². The highest BCUT2D eigenvalue weighted by Gasteiger charge is 2.19. The first-order valence-electron chi connectivity index (χ1n) is 11.6. The zero-order valence-electron chi connectivity index (χ0n) is 20.6. The van der Waals surface area contributed by atoms with Crippen LogP contribution in [-0.2, 0) is 4.79 Å². The highest BCUT2D eigenvalue weighted by Crippen LogP contribution is 2.29. The number of nitrogens with one attached hydrogen (secondary N) is 4. The van der Waals surface area contributed by atoms with Gasteiger partial charge in [-0.3, -0.25) is 9.59 Å². The van der Waals surface area contributed by atoms with Crippen LogP contribution < -0.4 is 10.6 Å². The van der Waals surface area contributed by atoms with Gasteiger partial charge in [-0.1, -0.05) is 39.8 Å². The number of aromatic nitrogens is 5. The summed E-state index contributed by atoms with van der Waals surface area (Å²) in [7, 11) is 0. The Kier molecular flexibility index (Phi) is 6.83. The number of rotatable bonds is 7. The molecular weight excluding hydrogens is 456 g/mol. The molecule has 0 aliphatic rings. The van der Waals surface area contributed by atoms with E-state index in [1.54, 1.807) is 24.3 Å². The maximum Gasteiger partial charge on any atom is 0.272 e. The molecule has 0 aliphatic carbocycles. The van der Waals surface area contributed by atoms with Gasteiger partial charge in [0.1, 0.15) is 5.69 Å². The number of nitriles is 1. The third-order valence-corrected chi connectivity index (χ3v) is 5.67. The molecule has 10 nitrogen and oxygen atoms in total. The van der Waals surface area contributed by atoms with Crippen LogP contribution in [0.2, 0.25) is 0 Å². The summed E-state index contributed by atoms with van der Waals surface area (Å²) in [5, 5.41) is 29.6. The second kappa shape index (κ2) is 10.00. The van der Waals surface area contributed by atoms with Gasteiger partial charge in [0.15, 0.2) is 5.82 Å². The topological polar surface area (TPSA) is 152 Å². The highest BCUT2D eigenvalue weighted by molar-refractivity contribution is 6.09. The standard InChI is InChI=1S/C26H28N8O2/c1-15(13-26(2,3)4)10-22(35)28-20-7-5-6-17-12-21(29-23(17)20)25(36)30-19-9-8-16(14-27)11-18(19)24-31-33-34-32-24/h5-9,11-12,15,29H,10,13H2,1-4H3,(H,28,35)(H,30,36)(H,31,32,33,34). The number of aromatic amines is 2. The second-order valence-corrected chi connectivity index (χ2v) is 10.2. The van der Waals surface area contributed by atoms with Crippen molar-refractivity contribution in [3.63, 3.8) is 0 Å². The Morgan fingerprint density at radius 1 is 1.11 bits per heavy atom. The largest absolute Gasteiger partial charge is 0.349 e. The Morgan fingerprint density at radius 3 is 2.61 bits per heavy atom. The number of para-hydroxylation sites is 1. The van der Waals surface area contributed by atoms with Gasteiger partial charge in [0.25, 0.3) is 5.91 Å². The number of fused-ring (bicyclic) bond motifs is 1. The number of carbonyl (C=O) groups is 2. The molecule has 1 unspecified atom stereocenters. The monoisotopic (exact) mass is 484 g/mol. The third-order valence-electron chi connectivity index (χ3n) is 5.67. The van der Waals surface area contributed by atoms with E-state index in [1.165, 1.54) is 0 Å². The van der Waals surface area contributed by atoms with Crippen molar-refractivity contribution in [1.29, 1.82) is 5.26 Å². The molecular formula is C26H28N8O2. The molecule has 4 rings (SSSR count). The average molecular weight is 485 g/mol. The third kappa shape index (κ3) is 5.75. The van der Waals surface area contributed by atoms with E-state index in [-0.39, 0.29) is 23.1 Å². The summed E-state index contributed by atoms with van der Waals surface area (Å²) in [5.74, 6) is 0.114. The van der Waals surface area contributed by atoms with Crippen LogP contribution in [0, 0.1) is 22.7 Å². The van der Waals surface area contributed by atoms with Gasteiger partial charge in [-0.05, 0) is 58.5 Å². The van der Waals surface area contributed by atoms with Gasteiger partial charge in [0.05, 0.1) is 28.5 Å². The Bertz CT molecular complexity index is 1440. The lowest BCUT2D eigenvalue weighted by Gasteiger charge is -2.22. The number of hydrogen-bond acceptors (Lipinski definition) is 6. The van der Waals surface area contributed by atoms with E-state index in [2.05, 4.69) is 70.0 Å². The molecule has 4 aromatic rings. The maximum atomic E-state index is 13.1. The fourth-order valence-corrected chi connectivity index (χ4v) is 4.40. The Morgan fingerprint density at radius 2 is 1.92 bits per heavy atom. The number of anilines is 2. The zero-order chi connectivity index (χ0) is 25.9. The van der Waals surface area contributed by atoms with Crippen LogP contribution in [0.5, 0.6) is 0 Å². The van der Waals surface area contributed by atoms with Crippen LogP contribution in [0.3, 0.4) is 0 Å². The average Bonchev–Trinajstić information content (AvgIpc) is 3.48. The van der Waals surface area contributed by atoms with Crippen molar-refractivity contribution in [3.05, 3.63) is 53.7 Å². The van der Waals surface area contributed by atoms with Gasteiger partial charge in [0, 0.05) is 17.4 Å². The predicted molar refractivity (Wildman–Crippen MR) is 137 cm³/mol. The van der Waals surface area contributed by atoms with Crippen molar-refractivity contribution in [3.8, 4) is 17.5 Å². The van der Waals surface area contributed by atoms with Crippen LogP contribution >= 0.6 is 0 Å². The lowest BCUT2D eigenvalue weighted by atomic mass is 9.84. The van der Waals surface area contributed by atoms with E-state index in [4.69, 9.17) is 0 Å². The molecule has 4 N–H and O–H groups in total. The number of hydrogen-bond donors (Lipinski definition) is 4. The molecule has 0 aliphatic heterocycles. The molecule has 0 radical (unpaired) electrons. The molecule has 0 bridgehead atoms. The van der Waals surface area contributed by atoms with E-state index in [9.17, 15) is 14.9 Å².